The number of rotatable bonds is 5. The number of aromatic nitrogens is 4. The Hall–Kier alpha value is -1.92. The molecule has 2 aliphatic heterocycles. The van der Waals surface area contributed by atoms with Crippen molar-refractivity contribution in [3.8, 4) is 0 Å². The first kappa shape index (κ1) is 22.3. The molecule has 2 saturated heterocycles. The highest BCUT2D eigenvalue weighted by atomic mass is 28.4. The third-order valence-corrected chi connectivity index (χ3v) is 10.9. The first-order valence-electron chi connectivity index (χ1n) is 10.4. The number of anilines is 1. The number of carbonyl (C=O) groups excluding carboxylic acids is 1. The highest BCUT2D eigenvalue weighted by Gasteiger charge is 2.57. The zero-order valence-corrected chi connectivity index (χ0v) is 20.1. The minimum absolute atomic E-state index is 0.0716. The summed E-state index contributed by atoms with van der Waals surface area (Å²) in [5.41, 5.74) is 6.56. The van der Waals surface area contributed by atoms with Crippen molar-refractivity contribution < 1.29 is 23.4 Å². The Morgan fingerprint density at radius 3 is 2.58 bits per heavy atom. The molecule has 2 N–H and O–H groups in total. The average molecular weight is 450 g/mol. The number of ether oxygens (including phenoxy) is 3. The van der Waals surface area contributed by atoms with Crippen molar-refractivity contribution in [1.29, 1.82) is 0 Å². The monoisotopic (exact) mass is 449 g/mol. The lowest BCUT2D eigenvalue weighted by atomic mass is 10.1. The number of hydrogen-bond acceptors (Lipinski definition) is 9. The molecule has 11 heteroatoms. The van der Waals surface area contributed by atoms with E-state index in [2.05, 4.69) is 48.9 Å². The van der Waals surface area contributed by atoms with Gasteiger partial charge in [-0.1, -0.05) is 20.8 Å². The second-order valence-electron chi connectivity index (χ2n) is 10.1. The summed E-state index contributed by atoms with van der Waals surface area (Å²) in [6, 6.07) is 0. The van der Waals surface area contributed by atoms with Gasteiger partial charge in [-0.25, -0.2) is 14.6 Å². The lowest BCUT2D eigenvalue weighted by Crippen LogP contribution is -2.44. The van der Waals surface area contributed by atoms with E-state index in [9.17, 15) is 4.79 Å². The molecule has 31 heavy (non-hydrogen) atoms. The SMILES string of the molecule is CC1(C)O[C@@H]2[C@H](O1)[C@H](CO[Si](C)(C)C(C)(C)C)O[C@H]2n1nc(C=O)c2c(N)ncnc21. The van der Waals surface area contributed by atoms with Gasteiger partial charge in [0.2, 0.25) is 0 Å². The summed E-state index contributed by atoms with van der Waals surface area (Å²) in [5, 5.41) is 4.89. The molecule has 0 aliphatic carbocycles. The van der Waals surface area contributed by atoms with E-state index in [1.54, 1.807) is 4.68 Å². The largest absolute Gasteiger partial charge is 0.414 e. The van der Waals surface area contributed by atoms with Crippen LogP contribution < -0.4 is 5.73 Å². The smallest absolute Gasteiger partial charge is 0.192 e. The summed E-state index contributed by atoms with van der Waals surface area (Å²) in [6.45, 7) is 15.1. The molecule has 0 spiro atoms. The Balaban J connectivity index is 1.68. The Labute approximate surface area is 182 Å². The van der Waals surface area contributed by atoms with Gasteiger partial charge in [0.25, 0.3) is 0 Å². The first-order valence-corrected chi connectivity index (χ1v) is 13.3. The van der Waals surface area contributed by atoms with Crippen LogP contribution in [-0.2, 0) is 18.6 Å². The van der Waals surface area contributed by atoms with Gasteiger partial charge in [0.05, 0.1) is 12.0 Å². The molecule has 0 radical (unpaired) electrons. The maximum absolute atomic E-state index is 11.6. The fourth-order valence-electron chi connectivity index (χ4n) is 3.78. The summed E-state index contributed by atoms with van der Waals surface area (Å²) < 4.78 is 26.7. The van der Waals surface area contributed by atoms with E-state index < -0.39 is 26.4 Å². The molecular weight excluding hydrogens is 418 g/mol. The summed E-state index contributed by atoms with van der Waals surface area (Å²) in [7, 11) is -1.99. The molecule has 0 saturated carbocycles. The highest BCUT2D eigenvalue weighted by molar-refractivity contribution is 6.74. The van der Waals surface area contributed by atoms with Crippen LogP contribution in [0.3, 0.4) is 0 Å². The third kappa shape index (κ3) is 3.78. The summed E-state index contributed by atoms with van der Waals surface area (Å²) >= 11 is 0. The standard InChI is InChI=1S/C20H31N5O5Si/c1-19(2,3)31(6,7)27-9-12-14-15(30-20(4,5)29-14)18(28-12)25-17-13(11(8-26)24-25)16(21)22-10-23-17/h8,10,12,14-15,18H,9H2,1-7H3,(H2,21,22,23)/t12-,14+,15+,18+/m0/s1. The van der Waals surface area contributed by atoms with E-state index in [1.807, 2.05) is 13.8 Å². The van der Waals surface area contributed by atoms with Gasteiger partial charge in [0.1, 0.15) is 36.2 Å². The molecule has 0 unspecified atom stereocenters. The van der Waals surface area contributed by atoms with Crippen molar-refractivity contribution in [1.82, 2.24) is 19.7 Å². The van der Waals surface area contributed by atoms with Gasteiger partial charge in [0, 0.05) is 0 Å². The van der Waals surface area contributed by atoms with Crippen LogP contribution >= 0.6 is 0 Å². The number of nitrogen functional groups attached to an aromatic ring is 1. The Morgan fingerprint density at radius 2 is 1.94 bits per heavy atom. The molecule has 2 aliphatic rings. The minimum atomic E-state index is -1.99. The van der Waals surface area contributed by atoms with E-state index in [4.69, 9.17) is 24.4 Å². The van der Waals surface area contributed by atoms with E-state index in [0.29, 0.717) is 23.9 Å². The first-order chi connectivity index (χ1) is 14.3. The number of fused-ring (bicyclic) bond motifs is 2. The summed E-state index contributed by atoms with van der Waals surface area (Å²) in [4.78, 5) is 19.9. The number of carbonyl (C=O) groups is 1. The molecule has 4 rings (SSSR count). The van der Waals surface area contributed by atoms with E-state index in [0.717, 1.165) is 0 Å². The lowest BCUT2D eigenvalue weighted by Gasteiger charge is -2.37. The van der Waals surface area contributed by atoms with Gasteiger partial charge in [-0.15, -0.1) is 0 Å². The molecule has 0 amide bonds. The number of nitrogens with zero attached hydrogens (tertiary/aromatic N) is 4. The molecule has 0 bridgehead atoms. The lowest BCUT2D eigenvalue weighted by molar-refractivity contribution is -0.200. The van der Waals surface area contributed by atoms with Gasteiger partial charge >= 0.3 is 0 Å². The quantitative estimate of drug-likeness (QED) is 0.542. The summed E-state index contributed by atoms with van der Waals surface area (Å²) in [6.07, 6.45) is 0.183. The Morgan fingerprint density at radius 1 is 1.26 bits per heavy atom. The van der Waals surface area contributed by atoms with Crippen LogP contribution in [-0.4, -0.2) is 65.1 Å². The van der Waals surface area contributed by atoms with Gasteiger partial charge in [-0.3, -0.25) is 4.79 Å². The molecule has 4 heterocycles. The normalized spacial score (nSPS) is 28.2. The van der Waals surface area contributed by atoms with Gasteiger partial charge in [-0.05, 0) is 32.0 Å². The predicted octanol–water partition coefficient (Wildman–Crippen LogP) is 2.66. The van der Waals surface area contributed by atoms with Crippen molar-refractivity contribution in [2.24, 2.45) is 0 Å². The van der Waals surface area contributed by atoms with Crippen LogP contribution in [0.5, 0.6) is 0 Å². The zero-order valence-electron chi connectivity index (χ0n) is 19.1. The molecule has 4 atom stereocenters. The molecular formula is C20H31N5O5Si. The molecule has 10 nitrogen and oxygen atoms in total. The summed E-state index contributed by atoms with van der Waals surface area (Å²) in [5.74, 6) is -0.591. The molecule has 2 aromatic rings. The molecule has 170 valence electrons. The molecule has 0 aromatic carbocycles. The van der Waals surface area contributed by atoms with Crippen LogP contribution in [0.25, 0.3) is 11.0 Å². The number of nitrogens with two attached hydrogens (primary N) is 1. The van der Waals surface area contributed by atoms with Crippen LogP contribution in [0.1, 0.15) is 51.3 Å². The fourth-order valence-corrected chi connectivity index (χ4v) is 4.79. The van der Waals surface area contributed by atoms with E-state index in [-0.39, 0.29) is 28.8 Å². The Kier molecular flexibility index (Phi) is 5.25. The third-order valence-electron chi connectivity index (χ3n) is 6.44. The minimum Gasteiger partial charge on any atom is -0.414 e. The zero-order chi connectivity index (χ0) is 22.8. The highest BCUT2D eigenvalue weighted by Crippen LogP contribution is 2.45. The number of hydrogen-bond donors (Lipinski definition) is 1. The number of aldehydes is 1. The van der Waals surface area contributed by atoms with Gasteiger partial charge < -0.3 is 24.4 Å². The van der Waals surface area contributed by atoms with Crippen molar-refractivity contribution in [3.05, 3.63) is 12.0 Å². The Bertz CT molecular complexity index is 1000. The van der Waals surface area contributed by atoms with Crippen molar-refractivity contribution in [2.75, 3.05) is 12.3 Å². The maximum Gasteiger partial charge on any atom is 0.192 e. The van der Waals surface area contributed by atoms with E-state index >= 15 is 0 Å². The van der Waals surface area contributed by atoms with Gasteiger partial charge in [0.15, 0.2) is 32.3 Å². The maximum atomic E-state index is 11.6. The molecule has 2 aromatic heterocycles. The second-order valence-corrected chi connectivity index (χ2v) is 14.9. The van der Waals surface area contributed by atoms with Crippen molar-refractivity contribution in [3.63, 3.8) is 0 Å². The topological polar surface area (TPSA) is 124 Å². The molecule has 2 fully saturated rings. The van der Waals surface area contributed by atoms with Crippen LogP contribution in [0.4, 0.5) is 5.82 Å². The van der Waals surface area contributed by atoms with Crippen molar-refractivity contribution in [2.45, 2.75) is 83.1 Å². The van der Waals surface area contributed by atoms with Gasteiger partial charge in [-0.2, -0.15) is 5.10 Å². The van der Waals surface area contributed by atoms with Crippen LogP contribution in [0, 0.1) is 0 Å². The van der Waals surface area contributed by atoms with Crippen LogP contribution in [0.2, 0.25) is 18.1 Å². The second kappa shape index (κ2) is 7.31. The van der Waals surface area contributed by atoms with Crippen LogP contribution in [0.15, 0.2) is 6.33 Å². The van der Waals surface area contributed by atoms with Crippen molar-refractivity contribution >= 4 is 31.5 Å². The average Bonchev–Trinajstić information content (AvgIpc) is 3.28. The van der Waals surface area contributed by atoms with E-state index in [1.165, 1.54) is 6.33 Å². The predicted molar refractivity (Wildman–Crippen MR) is 116 cm³/mol. The fraction of sp³-hybridized carbons (Fsp3) is 0.700.